The van der Waals surface area contributed by atoms with Crippen LogP contribution in [0.4, 0.5) is 5.69 Å². The van der Waals surface area contributed by atoms with Crippen LogP contribution in [-0.2, 0) is 6.42 Å². The molecule has 0 amide bonds. The van der Waals surface area contributed by atoms with Gasteiger partial charge in [0.15, 0.2) is 0 Å². The van der Waals surface area contributed by atoms with Gasteiger partial charge in [0.1, 0.15) is 0 Å². The fourth-order valence-corrected chi connectivity index (χ4v) is 5.87. The van der Waals surface area contributed by atoms with Crippen molar-refractivity contribution in [1.82, 2.24) is 0 Å². The van der Waals surface area contributed by atoms with Crippen molar-refractivity contribution in [2.45, 2.75) is 19.3 Å². The van der Waals surface area contributed by atoms with Gasteiger partial charge in [-0.2, -0.15) is 0 Å². The molecule has 1 aromatic heterocycles. The number of rotatable bonds is 5. The van der Waals surface area contributed by atoms with E-state index in [-0.39, 0.29) is 0 Å². The zero-order chi connectivity index (χ0) is 19.8. The molecule has 2 nitrogen and oxygen atoms in total. The van der Waals surface area contributed by atoms with Crippen molar-refractivity contribution in [3.63, 3.8) is 0 Å². The molecular formula is C26H24N2S. The molecule has 2 aliphatic rings. The molecule has 5 rings (SSSR count). The molecule has 0 saturated carbocycles. The number of anilines is 1. The molecule has 29 heavy (non-hydrogen) atoms. The Morgan fingerprint density at radius 3 is 2.79 bits per heavy atom. The first-order chi connectivity index (χ1) is 14.3. The minimum absolute atomic E-state index is 0.694. The Morgan fingerprint density at radius 2 is 1.93 bits per heavy atom. The van der Waals surface area contributed by atoms with Crippen LogP contribution in [0.2, 0.25) is 0 Å². The average molecular weight is 397 g/mol. The molecule has 1 N–H and O–H groups in total. The number of hydrogen-bond acceptors (Lipinski definition) is 3. The van der Waals surface area contributed by atoms with Crippen LogP contribution in [0.25, 0.3) is 27.3 Å². The lowest BCUT2D eigenvalue weighted by Gasteiger charge is -2.22. The third-order valence-electron chi connectivity index (χ3n) is 5.97. The minimum Gasteiger partial charge on any atom is -0.388 e. The van der Waals surface area contributed by atoms with E-state index in [1.54, 1.807) is 0 Å². The van der Waals surface area contributed by atoms with Crippen LogP contribution in [-0.4, -0.2) is 20.3 Å². The molecule has 3 heteroatoms. The zero-order valence-corrected chi connectivity index (χ0v) is 17.5. The SMILES string of the molecule is C=NCC1=C(c2ccccc2NC)C=C(c2cccc3c4c(sc23)C=CC4)CC1. The van der Waals surface area contributed by atoms with Gasteiger partial charge in [0, 0.05) is 27.9 Å². The summed E-state index contributed by atoms with van der Waals surface area (Å²) < 4.78 is 1.43. The van der Waals surface area contributed by atoms with Gasteiger partial charge in [-0.1, -0.05) is 48.6 Å². The fraction of sp³-hybridized carbons (Fsp3) is 0.192. The maximum Gasteiger partial charge on any atom is 0.0601 e. The monoisotopic (exact) mass is 396 g/mol. The standard InChI is InChI=1S/C26H24N2S/c1-27-16-18-14-13-17(15-23(18)20-7-3-4-11-24(20)28-2)19-8-5-10-22-21-9-6-12-25(21)29-26(19)22/h3-8,10-12,15,28H,1,9,13-14,16H2,2H3. The molecule has 144 valence electrons. The van der Waals surface area contributed by atoms with Crippen molar-refractivity contribution in [3.8, 4) is 0 Å². The smallest absolute Gasteiger partial charge is 0.0601 e. The van der Waals surface area contributed by atoms with E-state index in [9.17, 15) is 0 Å². The van der Waals surface area contributed by atoms with Crippen LogP contribution >= 0.6 is 11.3 Å². The summed E-state index contributed by atoms with van der Waals surface area (Å²) in [4.78, 5) is 5.64. The summed E-state index contributed by atoms with van der Waals surface area (Å²) in [5.41, 5.74) is 9.37. The van der Waals surface area contributed by atoms with E-state index in [0.717, 1.165) is 24.9 Å². The third kappa shape index (κ3) is 3.06. The number of thiophene rings is 1. The van der Waals surface area contributed by atoms with Crippen molar-refractivity contribution in [3.05, 3.63) is 81.8 Å². The van der Waals surface area contributed by atoms with E-state index >= 15 is 0 Å². The van der Waals surface area contributed by atoms with Gasteiger partial charge in [-0.3, -0.25) is 4.99 Å². The summed E-state index contributed by atoms with van der Waals surface area (Å²) in [5, 5.41) is 4.77. The Kier molecular flexibility index (Phi) is 4.69. The quantitative estimate of drug-likeness (QED) is 0.469. The number of aliphatic imine (C=N–C) groups is 1. The maximum atomic E-state index is 4.21. The molecule has 0 bridgehead atoms. The van der Waals surface area contributed by atoms with Crippen molar-refractivity contribution >= 4 is 51.1 Å². The van der Waals surface area contributed by atoms with Crippen LogP contribution < -0.4 is 5.32 Å². The lowest BCUT2D eigenvalue weighted by Crippen LogP contribution is -2.04. The maximum absolute atomic E-state index is 4.21. The molecule has 0 radical (unpaired) electrons. The molecule has 0 unspecified atom stereocenters. The fourth-order valence-electron chi connectivity index (χ4n) is 4.56. The molecule has 0 spiro atoms. The number of benzene rings is 2. The molecule has 2 aromatic carbocycles. The average Bonchev–Trinajstić information content (AvgIpc) is 3.36. The van der Waals surface area contributed by atoms with Crippen molar-refractivity contribution in [2.75, 3.05) is 18.9 Å². The number of fused-ring (bicyclic) bond motifs is 3. The van der Waals surface area contributed by atoms with Crippen molar-refractivity contribution < 1.29 is 0 Å². The number of para-hydroxylation sites is 1. The molecule has 0 fully saturated rings. The highest BCUT2D eigenvalue weighted by Gasteiger charge is 2.21. The molecule has 2 aliphatic carbocycles. The Labute approximate surface area is 176 Å². The van der Waals surface area contributed by atoms with Crippen LogP contribution in [0.5, 0.6) is 0 Å². The first kappa shape index (κ1) is 18.1. The summed E-state index contributed by atoms with van der Waals surface area (Å²) in [6.07, 6.45) is 10.1. The van der Waals surface area contributed by atoms with Crippen molar-refractivity contribution in [2.24, 2.45) is 4.99 Å². The summed E-state index contributed by atoms with van der Waals surface area (Å²) in [6.45, 7) is 4.44. The predicted molar refractivity (Wildman–Crippen MR) is 129 cm³/mol. The van der Waals surface area contributed by atoms with E-state index in [4.69, 9.17) is 0 Å². The summed E-state index contributed by atoms with van der Waals surface area (Å²) in [5.74, 6) is 0. The Hall–Kier alpha value is -2.91. The second-order valence-corrected chi connectivity index (χ2v) is 8.65. The number of hydrogen-bond donors (Lipinski definition) is 1. The molecule has 0 atom stereocenters. The minimum atomic E-state index is 0.694. The van der Waals surface area contributed by atoms with E-state index in [2.05, 4.69) is 77.7 Å². The van der Waals surface area contributed by atoms with Gasteiger partial charge in [-0.05, 0) is 71.4 Å². The summed E-state index contributed by atoms with van der Waals surface area (Å²) >= 11 is 1.94. The molecular weight excluding hydrogens is 372 g/mol. The Bertz CT molecular complexity index is 1210. The summed E-state index contributed by atoms with van der Waals surface area (Å²) in [6, 6.07) is 15.3. The van der Waals surface area contributed by atoms with Crippen LogP contribution in [0.15, 0.2) is 65.2 Å². The number of nitrogens with zero attached hydrogens (tertiary/aromatic N) is 1. The van der Waals surface area contributed by atoms with Crippen LogP contribution in [0.1, 0.15) is 34.4 Å². The van der Waals surface area contributed by atoms with Crippen LogP contribution in [0, 0.1) is 0 Å². The van der Waals surface area contributed by atoms with Crippen molar-refractivity contribution in [1.29, 1.82) is 0 Å². The Morgan fingerprint density at radius 1 is 1.07 bits per heavy atom. The van der Waals surface area contributed by atoms with Gasteiger partial charge < -0.3 is 5.32 Å². The number of allylic oxidation sites excluding steroid dienone is 4. The second-order valence-electron chi connectivity index (χ2n) is 7.60. The van der Waals surface area contributed by atoms with Gasteiger partial charge in [0.25, 0.3) is 0 Å². The van der Waals surface area contributed by atoms with Gasteiger partial charge in [0.05, 0.1) is 6.54 Å². The first-order valence-electron chi connectivity index (χ1n) is 10.1. The lowest BCUT2D eigenvalue weighted by atomic mass is 9.85. The number of nitrogens with one attached hydrogen (secondary N) is 1. The highest BCUT2D eigenvalue weighted by molar-refractivity contribution is 7.20. The lowest BCUT2D eigenvalue weighted by molar-refractivity contribution is 0.938. The summed E-state index contributed by atoms with van der Waals surface area (Å²) in [7, 11) is 1.99. The third-order valence-corrected chi connectivity index (χ3v) is 7.22. The molecule has 0 saturated heterocycles. The van der Waals surface area contributed by atoms with Gasteiger partial charge in [-0.15, -0.1) is 11.3 Å². The van der Waals surface area contributed by atoms with Crippen LogP contribution in [0.3, 0.4) is 0 Å². The highest BCUT2D eigenvalue weighted by Crippen LogP contribution is 2.44. The first-order valence-corrected chi connectivity index (χ1v) is 11.0. The van der Waals surface area contributed by atoms with E-state index in [0.29, 0.717) is 6.54 Å². The molecule has 0 aliphatic heterocycles. The van der Waals surface area contributed by atoms with Gasteiger partial charge in [0.2, 0.25) is 0 Å². The van der Waals surface area contributed by atoms with E-state index in [1.807, 2.05) is 18.4 Å². The predicted octanol–water partition coefficient (Wildman–Crippen LogP) is 6.84. The van der Waals surface area contributed by atoms with Gasteiger partial charge in [-0.25, -0.2) is 0 Å². The zero-order valence-electron chi connectivity index (χ0n) is 16.7. The Balaban J connectivity index is 1.68. The molecule has 3 aromatic rings. The largest absolute Gasteiger partial charge is 0.388 e. The normalized spacial score (nSPS) is 15.6. The highest BCUT2D eigenvalue weighted by atomic mass is 32.1. The van der Waals surface area contributed by atoms with E-state index < -0.39 is 0 Å². The van der Waals surface area contributed by atoms with E-state index in [1.165, 1.54) is 48.4 Å². The topological polar surface area (TPSA) is 24.4 Å². The molecule has 1 heterocycles. The second kappa shape index (κ2) is 7.49. The van der Waals surface area contributed by atoms with Gasteiger partial charge >= 0.3 is 0 Å².